The number of piperazine rings is 1. The van der Waals surface area contributed by atoms with Crippen molar-refractivity contribution in [1.29, 1.82) is 0 Å². The highest BCUT2D eigenvalue weighted by molar-refractivity contribution is 6.35. The molecular formula is C18H26Cl2N2O. The Morgan fingerprint density at radius 1 is 1.13 bits per heavy atom. The maximum absolute atomic E-state index is 6.36. The summed E-state index contributed by atoms with van der Waals surface area (Å²) in [5.74, 6) is 1.57. The molecule has 2 aliphatic rings. The van der Waals surface area contributed by atoms with Gasteiger partial charge >= 0.3 is 0 Å². The molecule has 1 heterocycles. The van der Waals surface area contributed by atoms with E-state index < -0.39 is 0 Å². The summed E-state index contributed by atoms with van der Waals surface area (Å²) < 4.78 is 5.99. The number of hydrogen-bond donors (Lipinski definition) is 0. The van der Waals surface area contributed by atoms with Gasteiger partial charge in [0.25, 0.3) is 0 Å². The molecule has 3 rings (SSSR count). The van der Waals surface area contributed by atoms with Gasteiger partial charge in [0.2, 0.25) is 0 Å². The van der Waals surface area contributed by atoms with Crippen LogP contribution in [-0.2, 0) is 6.42 Å². The van der Waals surface area contributed by atoms with E-state index in [2.05, 4.69) is 16.8 Å². The van der Waals surface area contributed by atoms with Gasteiger partial charge in [-0.3, -0.25) is 0 Å². The highest BCUT2D eigenvalue weighted by Crippen LogP contribution is 2.36. The van der Waals surface area contributed by atoms with E-state index in [0.717, 1.165) is 56.3 Å². The Balaban J connectivity index is 1.54. The van der Waals surface area contributed by atoms with E-state index in [4.69, 9.17) is 27.9 Å². The number of likely N-dealkylation sites (N-methyl/N-ethyl adjacent to an activating group) is 1. The lowest BCUT2D eigenvalue weighted by molar-refractivity contribution is 0.153. The van der Waals surface area contributed by atoms with E-state index in [0.29, 0.717) is 10.0 Å². The Morgan fingerprint density at radius 3 is 2.57 bits per heavy atom. The molecule has 2 fully saturated rings. The number of aryl methyl sites for hydroxylation is 1. The van der Waals surface area contributed by atoms with Crippen LogP contribution in [0, 0.1) is 5.92 Å². The van der Waals surface area contributed by atoms with Crippen LogP contribution in [0.25, 0.3) is 0 Å². The third kappa shape index (κ3) is 5.25. The molecule has 5 heteroatoms. The first-order chi connectivity index (χ1) is 11.1. The Hall–Kier alpha value is -0.480. The monoisotopic (exact) mass is 356 g/mol. The van der Waals surface area contributed by atoms with Gasteiger partial charge in [-0.25, -0.2) is 0 Å². The minimum atomic E-state index is 0.646. The Kier molecular flexibility index (Phi) is 6.08. The minimum Gasteiger partial charge on any atom is -0.491 e. The number of nitrogens with zero attached hydrogens (tertiary/aromatic N) is 2. The fourth-order valence-corrected chi connectivity index (χ4v) is 3.60. The fourth-order valence-electron chi connectivity index (χ4n) is 3.01. The predicted molar refractivity (Wildman–Crippen MR) is 96.9 cm³/mol. The van der Waals surface area contributed by atoms with Crippen LogP contribution >= 0.6 is 23.2 Å². The predicted octanol–water partition coefficient (Wildman–Crippen LogP) is 3.96. The molecule has 0 N–H and O–H groups in total. The summed E-state index contributed by atoms with van der Waals surface area (Å²) >= 11 is 12.5. The first-order valence-electron chi connectivity index (χ1n) is 8.63. The van der Waals surface area contributed by atoms with Crippen molar-refractivity contribution < 1.29 is 4.74 Å². The maximum atomic E-state index is 6.36. The first-order valence-corrected chi connectivity index (χ1v) is 9.39. The van der Waals surface area contributed by atoms with E-state index in [9.17, 15) is 0 Å². The second-order valence-electron chi connectivity index (χ2n) is 6.88. The third-order valence-electron chi connectivity index (χ3n) is 4.76. The molecule has 0 aromatic heterocycles. The van der Waals surface area contributed by atoms with Crippen LogP contribution in [0.5, 0.6) is 5.75 Å². The summed E-state index contributed by atoms with van der Waals surface area (Å²) in [6.45, 7) is 6.57. The molecule has 0 amide bonds. The smallest absolute Gasteiger partial charge is 0.141 e. The zero-order chi connectivity index (χ0) is 16.2. The number of ether oxygens (including phenoxy) is 1. The average Bonchev–Trinajstić information content (AvgIpc) is 3.32. The van der Waals surface area contributed by atoms with Crippen LogP contribution in [0.4, 0.5) is 0 Å². The maximum Gasteiger partial charge on any atom is 0.141 e. The lowest BCUT2D eigenvalue weighted by atomic mass is 10.1. The largest absolute Gasteiger partial charge is 0.491 e. The molecule has 0 radical (unpaired) electrons. The fraction of sp³-hybridized carbons (Fsp3) is 0.667. The summed E-state index contributed by atoms with van der Waals surface area (Å²) in [7, 11) is 2.19. The van der Waals surface area contributed by atoms with Crippen molar-refractivity contribution in [3.05, 3.63) is 27.7 Å². The van der Waals surface area contributed by atoms with Crippen molar-refractivity contribution in [1.82, 2.24) is 9.80 Å². The summed E-state index contributed by atoms with van der Waals surface area (Å²) in [4.78, 5) is 4.92. The molecule has 23 heavy (non-hydrogen) atoms. The van der Waals surface area contributed by atoms with Crippen LogP contribution in [0.15, 0.2) is 12.1 Å². The van der Waals surface area contributed by atoms with Crippen LogP contribution in [0.2, 0.25) is 10.0 Å². The normalized spacial score (nSPS) is 20.0. The Labute approximate surface area is 149 Å². The number of rotatable bonds is 7. The van der Waals surface area contributed by atoms with Gasteiger partial charge in [-0.15, -0.1) is 0 Å². The van der Waals surface area contributed by atoms with Crippen LogP contribution in [-0.4, -0.2) is 56.2 Å². The molecule has 0 unspecified atom stereocenters. The van der Waals surface area contributed by atoms with Gasteiger partial charge in [0.05, 0.1) is 11.6 Å². The summed E-state index contributed by atoms with van der Waals surface area (Å²) in [6, 6.07) is 3.80. The molecule has 0 spiro atoms. The van der Waals surface area contributed by atoms with Crippen molar-refractivity contribution in [2.45, 2.75) is 25.7 Å². The zero-order valence-corrected chi connectivity index (χ0v) is 15.4. The highest BCUT2D eigenvalue weighted by Gasteiger charge is 2.23. The van der Waals surface area contributed by atoms with Crippen molar-refractivity contribution in [3.8, 4) is 5.75 Å². The van der Waals surface area contributed by atoms with E-state index >= 15 is 0 Å². The van der Waals surface area contributed by atoms with Gasteiger partial charge in [-0.1, -0.05) is 23.2 Å². The van der Waals surface area contributed by atoms with Gasteiger partial charge in [-0.2, -0.15) is 0 Å². The summed E-state index contributed by atoms with van der Waals surface area (Å²) in [5, 5.41) is 1.34. The van der Waals surface area contributed by atoms with Gasteiger partial charge in [0.15, 0.2) is 0 Å². The molecule has 1 aromatic rings. The van der Waals surface area contributed by atoms with Crippen LogP contribution < -0.4 is 4.74 Å². The molecule has 1 aliphatic carbocycles. The summed E-state index contributed by atoms with van der Waals surface area (Å²) in [5.41, 5.74) is 1.15. The van der Waals surface area contributed by atoms with Crippen LogP contribution in [0.3, 0.4) is 0 Å². The van der Waals surface area contributed by atoms with Crippen molar-refractivity contribution in [3.63, 3.8) is 0 Å². The Morgan fingerprint density at radius 2 is 1.87 bits per heavy atom. The second-order valence-corrected chi connectivity index (χ2v) is 7.72. The molecule has 3 nitrogen and oxygen atoms in total. The van der Waals surface area contributed by atoms with E-state index in [1.165, 1.54) is 25.9 Å². The lowest BCUT2D eigenvalue weighted by Crippen LogP contribution is -2.44. The molecule has 0 atom stereocenters. The van der Waals surface area contributed by atoms with Crippen molar-refractivity contribution in [2.75, 3.05) is 46.4 Å². The number of halogens is 2. The second kappa shape index (κ2) is 8.06. The zero-order valence-electron chi connectivity index (χ0n) is 13.9. The Bertz CT molecular complexity index is 526. The highest BCUT2D eigenvalue weighted by atomic mass is 35.5. The van der Waals surface area contributed by atoms with E-state index in [1.807, 2.05) is 6.07 Å². The molecule has 128 valence electrons. The van der Waals surface area contributed by atoms with Crippen molar-refractivity contribution in [2.24, 2.45) is 5.92 Å². The lowest BCUT2D eigenvalue weighted by Gasteiger charge is -2.32. The average molecular weight is 357 g/mol. The molecular weight excluding hydrogens is 331 g/mol. The minimum absolute atomic E-state index is 0.646. The van der Waals surface area contributed by atoms with Gasteiger partial charge in [0, 0.05) is 31.2 Å². The SMILES string of the molecule is CN1CCN(CCCc2cc(Cl)cc(Cl)c2OCC2CC2)CC1. The van der Waals surface area contributed by atoms with E-state index in [1.54, 1.807) is 6.07 Å². The standard InChI is InChI=1S/C18H26Cl2N2O/c1-21-7-9-22(10-8-21)6-2-3-15-11-16(19)12-17(20)18(15)23-13-14-4-5-14/h11-12,14H,2-10,13H2,1H3. The van der Waals surface area contributed by atoms with Crippen molar-refractivity contribution >= 4 is 23.2 Å². The number of hydrogen-bond acceptors (Lipinski definition) is 3. The van der Waals surface area contributed by atoms with Gasteiger partial charge in [0.1, 0.15) is 5.75 Å². The molecule has 1 aromatic carbocycles. The molecule has 0 bridgehead atoms. The van der Waals surface area contributed by atoms with Crippen LogP contribution in [0.1, 0.15) is 24.8 Å². The van der Waals surface area contributed by atoms with Gasteiger partial charge < -0.3 is 14.5 Å². The van der Waals surface area contributed by atoms with Gasteiger partial charge in [-0.05, 0) is 62.9 Å². The molecule has 1 saturated heterocycles. The quantitative estimate of drug-likeness (QED) is 0.735. The molecule has 1 saturated carbocycles. The number of benzene rings is 1. The van der Waals surface area contributed by atoms with E-state index in [-0.39, 0.29) is 0 Å². The first kappa shape index (κ1) is 17.3. The third-order valence-corrected chi connectivity index (χ3v) is 5.26. The molecule has 1 aliphatic heterocycles. The topological polar surface area (TPSA) is 15.7 Å². The summed E-state index contributed by atoms with van der Waals surface area (Å²) in [6.07, 6.45) is 4.64.